The Kier molecular flexibility index (Phi) is 6.63. The molecular weight excluding hydrogens is 404 g/mol. The van der Waals surface area contributed by atoms with E-state index in [0.29, 0.717) is 18.0 Å². The first-order valence-electron chi connectivity index (χ1n) is 10.9. The lowest BCUT2D eigenvalue weighted by Crippen LogP contribution is -2.38. The molecule has 4 heterocycles. The highest BCUT2D eigenvalue weighted by Gasteiger charge is 2.28. The Morgan fingerprint density at radius 3 is 2.50 bits per heavy atom. The monoisotopic (exact) mass is 434 g/mol. The van der Waals surface area contributed by atoms with Gasteiger partial charge in [0.2, 0.25) is 0 Å². The third-order valence-corrected chi connectivity index (χ3v) is 6.44. The van der Waals surface area contributed by atoms with Crippen molar-refractivity contribution in [3.8, 4) is 5.75 Å². The highest BCUT2D eigenvalue weighted by molar-refractivity contribution is 6.13. The first-order chi connectivity index (χ1) is 14.5. The largest absolute Gasteiger partial charge is 0.489 e. The van der Waals surface area contributed by atoms with Crippen molar-refractivity contribution in [1.82, 2.24) is 20.0 Å². The van der Waals surface area contributed by atoms with Crippen molar-refractivity contribution in [2.45, 2.75) is 58.1 Å². The Balaban J connectivity index is 1.27. The van der Waals surface area contributed by atoms with Gasteiger partial charge in [-0.25, -0.2) is 9.82 Å². The Labute approximate surface area is 183 Å². The van der Waals surface area contributed by atoms with E-state index in [-0.39, 0.29) is 12.0 Å². The number of rotatable bonds is 7. The van der Waals surface area contributed by atoms with Crippen LogP contribution in [0.15, 0.2) is 22.9 Å². The number of nitrogens with zero attached hydrogens (tertiary/aromatic N) is 5. The maximum absolute atomic E-state index is 6.21. The summed E-state index contributed by atoms with van der Waals surface area (Å²) in [6.45, 7) is 9.94. The quantitative estimate of drug-likeness (QED) is 0.662. The van der Waals surface area contributed by atoms with Crippen molar-refractivity contribution >= 4 is 23.6 Å². The Morgan fingerprint density at radius 1 is 1.13 bits per heavy atom. The molecule has 8 nitrogen and oxygen atoms in total. The van der Waals surface area contributed by atoms with Crippen LogP contribution >= 0.6 is 11.8 Å². The number of aromatic nitrogens is 3. The molecule has 0 spiro atoms. The minimum Gasteiger partial charge on any atom is -0.489 e. The van der Waals surface area contributed by atoms with Crippen LogP contribution in [0.25, 0.3) is 0 Å². The average Bonchev–Trinajstić information content (AvgIpc) is 3.44. The van der Waals surface area contributed by atoms with Crippen LogP contribution in [0.3, 0.4) is 0 Å². The zero-order valence-electron chi connectivity index (χ0n) is 17.9. The number of pyridine rings is 1. The van der Waals surface area contributed by atoms with Crippen molar-refractivity contribution in [3.05, 3.63) is 24.2 Å². The summed E-state index contributed by atoms with van der Waals surface area (Å²) in [5, 5.41) is 4.07. The van der Waals surface area contributed by atoms with Gasteiger partial charge in [-0.1, -0.05) is 19.0 Å². The second-order valence-electron chi connectivity index (χ2n) is 8.63. The van der Waals surface area contributed by atoms with Crippen molar-refractivity contribution in [3.63, 3.8) is 0 Å². The summed E-state index contributed by atoms with van der Waals surface area (Å²) < 4.78 is 11.6. The predicted molar refractivity (Wildman–Crippen MR) is 117 cm³/mol. The Morgan fingerprint density at radius 2 is 1.90 bits per heavy atom. The second kappa shape index (κ2) is 9.39. The van der Waals surface area contributed by atoms with Gasteiger partial charge in [0.15, 0.2) is 5.82 Å². The van der Waals surface area contributed by atoms with E-state index < -0.39 is 0 Å². The molecule has 164 valence electrons. The van der Waals surface area contributed by atoms with Crippen LogP contribution in [-0.4, -0.2) is 53.4 Å². The van der Waals surface area contributed by atoms with Crippen molar-refractivity contribution in [2.75, 3.05) is 36.0 Å². The van der Waals surface area contributed by atoms with E-state index in [9.17, 15) is 0 Å². The fourth-order valence-electron chi connectivity index (χ4n) is 4.15. The van der Waals surface area contributed by atoms with Gasteiger partial charge in [-0.3, -0.25) is 0 Å². The molecule has 0 radical (unpaired) electrons. The number of hydrogen-bond acceptors (Lipinski definition) is 8. The third-order valence-electron chi connectivity index (χ3n) is 6.13. The molecule has 0 aromatic carbocycles. The molecule has 2 aromatic rings. The van der Waals surface area contributed by atoms with Gasteiger partial charge in [-0.2, -0.15) is 4.98 Å². The van der Waals surface area contributed by atoms with Gasteiger partial charge in [0.05, 0.1) is 12.3 Å². The number of ether oxygens (including phenoxy) is 1. The van der Waals surface area contributed by atoms with E-state index in [0.717, 1.165) is 62.8 Å². The molecule has 2 fully saturated rings. The molecule has 0 amide bonds. The normalized spacial score (nSPS) is 21.4. The van der Waals surface area contributed by atoms with Crippen LogP contribution in [-0.2, 0) is 0 Å². The molecule has 9 heteroatoms. The topological polar surface area (TPSA) is 79.5 Å². The summed E-state index contributed by atoms with van der Waals surface area (Å²) >= 11 is 5.74. The molecule has 2 atom stereocenters. The number of anilines is 2. The van der Waals surface area contributed by atoms with E-state index in [4.69, 9.17) is 21.0 Å². The van der Waals surface area contributed by atoms with Crippen LogP contribution in [0.1, 0.15) is 51.8 Å². The first-order valence-corrected chi connectivity index (χ1v) is 11.2. The molecule has 2 saturated heterocycles. The van der Waals surface area contributed by atoms with E-state index in [1.807, 2.05) is 18.3 Å². The minimum atomic E-state index is 0.130. The average molecular weight is 435 g/mol. The molecule has 0 saturated carbocycles. The number of piperidine rings is 1. The van der Waals surface area contributed by atoms with Crippen molar-refractivity contribution < 1.29 is 9.26 Å². The standard InChI is InChI=1S/C21H31ClN6O2/c1-14(2)20-24-21(30-26-20)27-9-6-16(7-10-27)15(3)29-18-4-5-19(23-12-18)28-11-8-17(13-28)25-22/h4-5,12,14-17,25H,6-11,13H2,1-3H3/t15-,17+/m0/s1. The van der Waals surface area contributed by atoms with Crippen LogP contribution < -0.4 is 19.4 Å². The van der Waals surface area contributed by atoms with Gasteiger partial charge in [0.1, 0.15) is 11.6 Å². The maximum atomic E-state index is 6.21. The molecule has 2 aliphatic heterocycles. The van der Waals surface area contributed by atoms with Gasteiger partial charge < -0.3 is 19.1 Å². The zero-order chi connectivity index (χ0) is 21.1. The summed E-state index contributed by atoms with van der Waals surface area (Å²) in [5.74, 6) is 3.32. The highest BCUT2D eigenvalue weighted by atomic mass is 35.5. The molecular formula is C21H31ClN6O2. The van der Waals surface area contributed by atoms with E-state index in [1.165, 1.54) is 0 Å². The van der Waals surface area contributed by atoms with Crippen molar-refractivity contribution in [2.24, 2.45) is 5.92 Å². The summed E-state index contributed by atoms with van der Waals surface area (Å²) in [4.78, 5) is 16.3. The van der Waals surface area contributed by atoms with E-state index in [1.54, 1.807) is 0 Å². The number of halogens is 1. The lowest BCUT2D eigenvalue weighted by molar-refractivity contribution is 0.131. The van der Waals surface area contributed by atoms with E-state index >= 15 is 0 Å². The number of nitrogens with one attached hydrogen (secondary N) is 1. The van der Waals surface area contributed by atoms with Gasteiger partial charge in [0, 0.05) is 38.1 Å². The molecule has 0 bridgehead atoms. The van der Waals surface area contributed by atoms with Crippen LogP contribution in [0, 0.1) is 5.92 Å². The molecule has 0 aliphatic carbocycles. The third kappa shape index (κ3) is 4.81. The molecule has 2 aromatic heterocycles. The summed E-state index contributed by atoms with van der Waals surface area (Å²) in [6, 6.07) is 5.00. The van der Waals surface area contributed by atoms with Gasteiger partial charge in [-0.15, -0.1) is 0 Å². The Bertz CT molecular complexity index is 806. The maximum Gasteiger partial charge on any atom is 0.324 e. The van der Waals surface area contributed by atoms with Crippen molar-refractivity contribution in [1.29, 1.82) is 0 Å². The second-order valence-corrected chi connectivity index (χ2v) is 8.85. The van der Waals surface area contributed by atoms with E-state index in [2.05, 4.69) is 50.5 Å². The predicted octanol–water partition coefficient (Wildman–Crippen LogP) is 3.59. The SMILES string of the molecule is CC(C)c1noc(N2CCC([C@H](C)Oc3ccc(N4CC[C@@H](NCl)C4)nc3)CC2)n1. The molecule has 1 N–H and O–H groups in total. The van der Waals surface area contributed by atoms with Gasteiger partial charge in [-0.05, 0) is 56.0 Å². The molecule has 4 rings (SSSR count). The fourth-order valence-corrected chi connectivity index (χ4v) is 4.33. The summed E-state index contributed by atoms with van der Waals surface area (Å²) in [5.41, 5.74) is 0. The molecule has 30 heavy (non-hydrogen) atoms. The summed E-state index contributed by atoms with van der Waals surface area (Å²) in [6.07, 6.45) is 5.06. The first kappa shape index (κ1) is 21.2. The number of hydrogen-bond donors (Lipinski definition) is 1. The minimum absolute atomic E-state index is 0.130. The fraction of sp³-hybridized carbons (Fsp3) is 0.667. The van der Waals surface area contributed by atoms with Gasteiger partial charge in [0.25, 0.3) is 0 Å². The molecule has 2 aliphatic rings. The lowest BCUT2D eigenvalue weighted by atomic mass is 9.92. The van der Waals surface area contributed by atoms with Crippen LogP contribution in [0.4, 0.5) is 11.8 Å². The van der Waals surface area contributed by atoms with Crippen LogP contribution in [0.5, 0.6) is 5.75 Å². The molecule has 0 unspecified atom stereocenters. The van der Waals surface area contributed by atoms with Gasteiger partial charge >= 0.3 is 6.01 Å². The Hall–Kier alpha value is -2.06. The summed E-state index contributed by atoms with van der Waals surface area (Å²) in [7, 11) is 0. The lowest BCUT2D eigenvalue weighted by Gasteiger charge is -2.33. The highest BCUT2D eigenvalue weighted by Crippen LogP contribution is 2.28. The smallest absolute Gasteiger partial charge is 0.324 e. The van der Waals surface area contributed by atoms with Crippen LogP contribution in [0.2, 0.25) is 0 Å². The zero-order valence-corrected chi connectivity index (χ0v) is 18.7.